The Hall–Kier alpha value is -2.24. The molecule has 1 N–H and O–H groups in total. The van der Waals surface area contributed by atoms with Gasteiger partial charge >= 0.3 is 0 Å². The zero-order valence-corrected chi connectivity index (χ0v) is 15.8. The zero-order valence-electron chi connectivity index (χ0n) is 14.9. The fraction of sp³-hybridized carbons (Fsp3) is 0.333. The van der Waals surface area contributed by atoms with Crippen LogP contribution in [0.3, 0.4) is 0 Å². The molecule has 0 aliphatic heterocycles. The van der Waals surface area contributed by atoms with E-state index in [1.807, 2.05) is 6.92 Å². The second-order valence-corrected chi connectivity index (χ2v) is 7.68. The first-order valence-corrected chi connectivity index (χ1v) is 10.1. The third kappa shape index (κ3) is 4.11. The van der Waals surface area contributed by atoms with Gasteiger partial charge in [-0.3, -0.25) is 9.69 Å². The van der Waals surface area contributed by atoms with Crippen LogP contribution < -0.4 is 5.56 Å². The van der Waals surface area contributed by atoms with E-state index in [2.05, 4.69) is 56.0 Å². The van der Waals surface area contributed by atoms with Gasteiger partial charge in [-0.25, -0.2) is 4.98 Å². The number of rotatable bonds is 7. The number of nitrogens with zero attached hydrogens (tertiary/aromatic N) is 2. The molecule has 1 fully saturated rings. The van der Waals surface area contributed by atoms with Gasteiger partial charge in [-0.1, -0.05) is 31.2 Å². The third-order valence-electron chi connectivity index (χ3n) is 4.80. The standard InChI is InChI=1S/C21H23N3OS/c1-2-18-11-20(25)23-21(22-18)17-5-3-15(4-6-17)12-24(19-7-8-19)13-16-9-10-26-14-16/h3-6,9-11,14,19H,2,7-8,12-13H2,1H3,(H,22,23,25). The molecule has 0 amide bonds. The highest BCUT2D eigenvalue weighted by Gasteiger charge is 2.28. The number of nitrogens with one attached hydrogen (secondary N) is 1. The number of aromatic nitrogens is 2. The molecule has 1 aliphatic carbocycles. The fourth-order valence-electron chi connectivity index (χ4n) is 3.20. The quantitative estimate of drug-likeness (QED) is 0.682. The van der Waals surface area contributed by atoms with E-state index in [1.54, 1.807) is 17.4 Å². The van der Waals surface area contributed by atoms with Crippen molar-refractivity contribution in [1.82, 2.24) is 14.9 Å². The predicted octanol–water partition coefficient (Wildman–Crippen LogP) is 4.23. The lowest BCUT2D eigenvalue weighted by molar-refractivity contribution is 0.246. The van der Waals surface area contributed by atoms with Gasteiger partial charge in [0.1, 0.15) is 5.82 Å². The molecule has 4 rings (SSSR count). The molecule has 134 valence electrons. The van der Waals surface area contributed by atoms with Crippen molar-refractivity contribution in [2.75, 3.05) is 0 Å². The van der Waals surface area contributed by atoms with E-state index in [-0.39, 0.29) is 5.56 Å². The minimum atomic E-state index is -0.0911. The van der Waals surface area contributed by atoms with E-state index in [9.17, 15) is 4.79 Å². The van der Waals surface area contributed by atoms with Crippen LogP contribution in [0.2, 0.25) is 0 Å². The molecule has 1 aromatic carbocycles. The molecular formula is C21H23N3OS. The number of hydrogen-bond acceptors (Lipinski definition) is 4. The molecule has 4 nitrogen and oxygen atoms in total. The van der Waals surface area contributed by atoms with Crippen LogP contribution in [0.15, 0.2) is 52.0 Å². The summed E-state index contributed by atoms with van der Waals surface area (Å²) in [7, 11) is 0. The van der Waals surface area contributed by atoms with Gasteiger partial charge in [-0.15, -0.1) is 0 Å². The lowest BCUT2D eigenvalue weighted by Crippen LogP contribution is -2.24. The van der Waals surface area contributed by atoms with Crippen molar-refractivity contribution in [3.05, 3.63) is 74.3 Å². The van der Waals surface area contributed by atoms with Crippen molar-refractivity contribution in [1.29, 1.82) is 0 Å². The van der Waals surface area contributed by atoms with Crippen molar-refractivity contribution >= 4 is 11.3 Å². The summed E-state index contributed by atoms with van der Waals surface area (Å²) in [6, 6.07) is 12.9. The van der Waals surface area contributed by atoms with E-state index < -0.39 is 0 Å². The second-order valence-electron chi connectivity index (χ2n) is 6.90. The van der Waals surface area contributed by atoms with Gasteiger partial charge in [0.15, 0.2) is 0 Å². The summed E-state index contributed by atoms with van der Waals surface area (Å²) in [5.41, 5.74) is 4.38. The van der Waals surface area contributed by atoms with Crippen LogP contribution in [-0.4, -0.2) is 20.9 Å². The maximum absolute atomic E-state index is 11.8. The molecule has 2 heterocycles. The number of H-pyrrole nitrogens is 1. The molecule has 5 heteroatoms. The van der Waals surface area contributed by atoms with Gasteiger partial charge in [-0.2, -0.15) is 11.3 Å². The first-order chi connectivity index (χ1) is 12.7. The first-order valence-electron chi connectivity index (χ1n) is 9.16. The van der Waals surface area contributed by atoms with Crippen LogP contribution in [0.5, 0.6) is 0 Å². The minimum Gasteiger partial charge on any atom is -0.307 e. The van der Waals surface area contributed by atoms with Crippen molar-refractivity contribution < 1.29 is 0 Å². The minimum absolute atomic E-state index is 0.0911. The van der Waals surface area contributed by atoms with Crippen LogP contribution in [0, 0.1) is 0 Å². The van der Waals surface area contributed by atoms with E-state index >= 15 is 0 Å². The Bertz CT molecular complexity index is 911. The molecule has 26 heavy (non-hydrogen) atoms. The molecule has 1 saturated carbocycles. The Morgan fingerprint density at radius 3 is 2.58 bits per heavy atom. The molecule has 2 aromatic heterocycles. The van der Waals surface area contributed by atoms with Crippen molar-refractivity contribution in [3.63, 3.8) is 0 Å². The predicted molar refractivity (Wildman–Crippen MR) is 106 cm³/mol. The number of aromatic amines is 1. The average molecular weight is 366 g/mol. The number of hydrogen-bond donors (Lipinski definition) is 1. The highest BCUT2D eigenvalue weighted by Crippen LogP contribution is 2.30. The Morgan fingerprint density at radius 2 is 1.92 bits per heavy atom. The fourth-order valence-corrected chi connectivity index (χ4v) is 3.86. The Kier molecular flexibility index (Phi) is 5.00. The summed E-state index contributed by atoms with van der Waals surface area (Å²) < 4.78 is 0. The van der Waals surface area contributed by atoms with Crippen LogP contribution >= 0.6 is 11.3 Å². The van der Waals surface area contributed by atoms with Gasteiger partial charge in [0.25, 0.3) is 5.56 Å². The van der Waals surface area contributed by atoms with Crippen LogP contribution in [-0.2, 0) is 19.5 Å². The summed E-state index contributed by atoms with van der Waals surface area (Å²) in [6.45, 7) is 3.98. The summed E-state index contributed by atoms with van der Waals surface area (Å²) in [5, 5.41) is 4.38. The number of benzene rings is 1. The smallest absolute Gasteiger partial charge is 0.251 e. The maximum Gasteiger partial charge on any atom is 0.251 e. The molecule has 0 radical (unpaired) electrons. The van der Waals surface area contributed by atoms with Gasteiger partial charge in [0.05, 0.1) is 0 Å². The second kappa shape index (κ2) is 7.56. The largest absolute Gasteiger partial charge is 0.307 e. The summed E-state index contributed by atoms with van der Waals surface area (Å²) in [4.78, 5) is 21.7. The molecule has 0 saturated heterocycles. The average Bonchev–Trinajstić information content (AvgIpc) is 3.38. The van der Waals surface area contributed by atoms with Crippen LogP contribution in [0.1, 0.15) is 36.6 Å². The van der Waals surface area contributed by atoms with Gasteiger partial charge in [0, 0.05) is 36.5 Å². The molecule has 0 atom stereocenters. The van der Waals surface area contributed by atoms with Gasteiger partial charge < -0.3 is 4.98 Å². The first kappa shape index (κ1) is 17.2. The Balaban J connectivity index is 1.50. The summed E-state index contributed by atoms with van der Waals surface area (Å²) in [6.07, 6.45) is 3.36. The SMILES string of the molecule is CCc1cc(=O)[nH]c(-c2ccc(CN(Cc3ccsc3)C3CC3)cc2)n1. The zero-order chi connectivity index (χ0) is 17.9. The van der Waals surface area contributed by atoms with E-state index in [4.69, 9.17) is 0 Å². The van der Waals surface area contributed by atoms with E-state index in [0.717, 1.165) is 30.8 Å². The third-order valence-corrected chi connectivity index (χ3v) is 5.53. The summed E-state index contributed by atoms with van der Waals surface area (Å²) >= 11 is 1.76. The molecule has 0 unspecified atom stereocenters. The topological polar surface area (TPSA) is 49.0 Å². The van der Waals surface area contributed by atoms with Crippen molar-refractivity contribution in [2.45, 2.75) is 45.3 Å². The molecule has 0 bridgehead atoms. The van der Waals surface area contributed by atoms with Gasteiger partial charge in [0.2, 0.25) is 0 Å². The highest BCUT2D eigenvalue weighted by atomic mass is 32.1. The lowest BCUT2D eigenvalue weighted by Gasteiger charge is -2.21. The molecule has 3 aromatic rings. The monoisotopic (exact) mass is 365 g/mol. The van der Waals surface area contributed by atoms with E-state index in [1.165, 1.54) is 24.0 Å². The number of aryl methyl sites for hydroxylation is 1. The van der Waals surface area contributed by atoms with Gasteiger partial charge in [-0.05, 0) is 47.2 Å². The molecule has 0 spiro atoms. The number of thiophene rings is 1. The Morgan fingerprint density at radius 1 is 1.15 bits per heavy atom. The normalized spacial score (nSPS) is 14.1. The van der Waals surface area contributed by atoms with Crippen LogP contribution in [0.4, 0.5) is 0 Å². The lowest BCUT2D eigenvalue weighted by atomic mass is 10.1. The van der Waals surface area contributed by atoms with Crippen molar-refractivity contribution in [2.24, 2.45) is 0 Å². The van der Waals surface area contributed by atoms with Crippen molar-refractivity contribution in [3.8, 4) is 11.4 Å². The maximum atomic E-state index is 11.8. The Labute approximate surface area is 157 Å². The summed E-state index contributed by atoms with van der Waals surface area (Å²) in [5.74, 6) is 0.651. The van der Waals surface area contributed by atoms with Crippen LogP contribution in [0.25, 0.3) is 11.4 Å². The molecule has 1 aliphatic rings. The highest BCUT2D eigenvalue weighted by molar-refractivity contribution is 7.07. The molecular weight excluding hydrogens is 342 g/mol. The van der Waals surface area contributed by atoms with E-state index in [0.29, 0.717) is 11.9 Å².